The van der Waals surface area contributed by atoms with E-state index in [1.54, 1.807) is 32.2 Å². The van der Waals surface area contributed by atoms with E-state index in [1.807, 2.05) is 6.92 Å². The first-order valence-corrected chi connectivity index (χ1v) is 14.4. The van der Waals surface area contributed by atoms with Crippen molar-refractivity contribution in [3.8, 4) is 17.2 Å². The van der Waals surface area contributed by atoms with Crippen LogP contribution in [0, 0.1) is 0 Å². The highest BCUT2D eigenvalue weighted by Gasteiger charge is 2.37. The highest BCUT2D eigenvalue weighted by molar-refractivity contribution is 7.89. The molecule has 0 radical (unpaired) electrons. The van der Waals surface area contributed by atoms with E-state index in [9.17, 15) is 16.8 Å². The summed E-state index contributed by atoms with van der Waals surface area (Å²) >= 11 is 0. The zero-order valence-electron chi connectivity index (χ0n) is 20.9. The molecule has 1 fully saturated rings. The predicted molar refractivity (Wildman–Crippen MR) is 133 cm³/mol. The van der Waals surface area contributed by atoms with Gasteiger partial charge in [-0.05, 0) is 55.2 Å². The Morgan fingerprint density at radius 3 is 2.11 bits per heavy atom. The number of rotatable bonds is 10. The molecule has 1 unspecified atom stereocenters. The second kappa shape index (κ2) is 11.2. The molecule has 9 nitrogen and oxygen atoms in total. The van der Waals surface area contributed by atoms with Gasteiger partial charge in [0.15, 0.2) is 11.5 Å². The van der Waals surface area contributed by atoms with Gasteiger partial charge in [0.1, 0.15) is 5.75 Å². The van der Waals surface area contributed by atoms with Crippen molar-refractivity contribution in [3.63, 3.8) is 0 Å². The lowest BCUT2D eigenvalue weighted by molar-refractivity contribution is 0.215. The molecule has 2 aromatic carbocycles. The van der Waals surface area contributed by atoms with Gasteiger partial charge in [-0.15, -0.1) is 0 Å². The molecular formula is C24H34N2O7S2. The van der Waals surface area contributed by atoms with Gasteiger partial charge < -0.3 is 14.2 Å². The Morgan fingerprint density at radius 1 is 0.886 bits per heavy atom. The monoisotopic (exact) mass is 526 g/mol. The van der Waals surface area contributed by atoms with Crippen LogP contribution in [-0.2, 0) is 26.5 Å². The Bertz CT molecular complexity index is 1250. The summed E-state index contributed by atoms with van der Waals surface area (Å²) in [7, 11) is -3.23. The number of hydrogen-bond donors (Lipinski definition) is 0. The van der Waals surface area contributed by atoms with Gasteiger partial charge in [-0.3, -0.25) is 0 Å². The fourth-order valence-electron chi connectivity index (χ4n) is 4.45. The van der Waals surface area contributed by atoms with Crippen LogP contribution in [-0.4, -0.2) is 72.5 Å². The molecule has 0 saturated carbocycles. The Labute approximate surface area is 208 Å². The van der Waals surface area contributed by atoms with Crippen LogP contribution in [0.25, 0.3) is 0 Å². The van der Waals surface area contributed by atoms with Crippen molar-refractivity contribution >= 4 is 20.0 Å². The summed E-state index contributed by atoms with van der Waals surface area (Å²) in [5.74, 6) is 1.38. The number of ether oxygens (including phenoxy) is 3. The molecule has 0 bridgehead atoms. The minimum atomic E-state index is -3.86. The van der Waals surface area contributed by atoms with Crippen molar-refractivity contribution in [3.05, 3.63) is 42.0 Å². The fourth-order valence-corrected chi connectivity index (χ4v) is 7.69. The quantitative estimate of drug-likeness (QED) is 0.469. The van der Waals surface area contributed by atoms with Gasteiger partial charge in [-0.1, -0.05) is 13.8 Å². The summed E-state index contributed by atoms with van der Waals surface area (Å²) in [5, 5.41) is 0. The van der Waals surface area contributed by atoms with Gasteiger partial charge in [0, 0.05) is 31.7 Å². The molecule has 0 aromatic heterocycles. The maximum atomic E-state index is 13.6. The summed E-state index contributed by atoms with van der Waals surface area (Å²) < 4.78 is 72.6. The maximum absolute atomic E-state index is 13.6. The zero-order chi connectivity index (χ0) is 25.8. The molecular weight excluding hydrogens is 492 g/mol. The lowest BCUT2D eigenvalue weighted by Crippen LogP contribution is -2.51. The first-order chi connectivity index (χ1) is 16.6. The zero-order valence-corrected chi connectivity index (χ0v) is 22.5. The molecule has 35 heavy (non-hydrogen) atoms. The average molecular weight is 527 g/mol. The first-order valence-electron chi connectivity index (χ1n) is 11.5. The van der Waals surface area contributed by atoms with Crippen molar-refractivity contribution in [2.45, 2.75) is 48.9 Å². The van der Waals surface area contributed by atoms with Crippen LogP contribution < -0.4 is 14.2 Å². The van der Waals surface area contributed by atoms with Crippen LogP contribution in [0.2, 0.25) is 0 Å². The van der Waals surface area contributed by atoms with Crippen LogP contribution >= 0.6 is 0 Å². The van der Waals surface area contributed by atoms with E-state index < -0.39 is 26.1 Å². The lowest BCUT2D eigenvalue weighted by Gasteiger charge is -2.37. The van der Waals surface area contributed by atoms with Gasteiger partial charge in [0.2, 0.25) is 20.0 Å². The van der Waals surface area contributed by atoms with E-state index >= 15 is 0 Å². The Morgan fingerprint density at radius 2 is 1.51 bits per heavy atom. The number of nitrogens with zero attached hydrogens (tertiary/aromatic N) is 2. The van der Waals surface area contributed by atoms with Crippen LogP contribution in [0.1, 0.15) is 32.3 Å². The van der Waals surface area contributed by atoms with E-state index in [1.165, 1.54) is 41.0 Å². The number of sulfonamides is 2. The van der Waals surface area contributed by atoms with Crippen LogP contribution in [0.5, 0.6) is 17.2 Å². The normalized spacial score (nSPS) is 17.4. The van der Waals surface area contributed by atoms with E-state index in [0.717, 1.165) is 5.56 Å². The molecule has 1 saturated heterocycles. The largest absolute Gasteiger partial charge is 0.496 e. The first kappa shape index (κ1) is 27.3. The average Bonchev–Trinajstić information content (AvgIpc) is 2.88. The minimum absolute atomic E-state index is 0.0700. The number of benzene rings is 2. The highest BCUT2D eigenvalue weighted by atomic mass is 32.2. The second-order valence-corrected chi connectivity index (χ2v) is 12.0. The maximum Gasteiger partial charge on any atom is 0.243 e. The molecule has 2 aromatic rings. The molecule has 194 valence electrons. The van der Waals surface area contributed by atoms with Crippen molar-refractivity contribution in [1.82, 2.24) is 8.61 Å². The molecule has 0 spiro atoms. The number of piperidine rings is 1. The van der Waals surface area contributed by atoms with Crippen LogP contribution in [0.4, 0.5) is 0 Å². The number of aryl methyl sites for hydroxylation is 1. The molecule has 1 heterocycles. The van der Waals surface area contributed by atoms with E-state index in [2.05, 4.69) is 0 Å². The molecule has 0 N–H and O–H groups in total. The van der Waals surface area contributed by atoms with E-state index in [4.69, 9.17) is 14.2 Å². The minimum Gasteiger partial charge on any atom is -0.496 e. The van der Waals surface area contributed by atoms with Gasteiger partial charge in [0.05, 0.1) is 31.1 Å². The Kier molecular flexibility index (Phi) is 8.68. The molecule has 1 aliphatic rings. The number of hydrogen-bond acceptors (Lipinski definition) is 7. The highest BCUT2D eigenvalue weighted by Crippen LogP contribution is 2.33. The predicted octanol–water partition coefficient (Wildman–Crippen LogP) is 3.14. The Balaban J connectivity index is 1.90. The molecule has 11 heteroatoms. The molecule has 0 aliphatic carbocycles. The van der Waals surface area contributed by atoms with Gasteiger partial charge in [-0.2, -0.15) is 8.61 Å². The van der Waals surface area contributed by atoms with Crippen molar-refractivity contribution in [1.29, 1.82) is 0 Å². The summed E-state index contributed by atoms with van der Waals surface area (Å²) in [6, 6.07) is 8.79. The third-order valence-corrected chi connectivity index (χ3v) is 10.2. The number of methoxy groups -OCH3 is 3. The summed E-state index contributed by atoms with van der Waals surface area (Å²) in [6.45, 7) is 4.31. The van der Waals surface area contributed by atoms with Gasteiger partial charge in [-0.25, -0.2) is 16.8 Å². The third kappa shape index (κ3) is 5.42. The third-order valence-electron chi connectivity index (χ3n) is 6.31. The van der Waals surface area contributed by atoms with Crippen molar-refractivity contribution in [2.75, 3.05) is 41.0 Å². The molecule has 1 aliphatic heterocycles. The van der Waals surface area contributed by atoms with Gasteiger partial charge in [0.25, 0.3) is 0 Å². The van der Waals surface area contributed by atoms with Crippen LogP contribution in [0.3, 0.4) is 0 Å². The summed E-state index contributed by atoms with van der Waals surface area (Å²) in [4.78, 5) is 0.251. The standard InChI is InChI=1S/C24H34N2O7S2/c1-6-18-15-20(10-12-22(18)31-3)35(29,30)26(7-2)19-9-8-14-25(17-19)34(27,28)21-11-13-23(32-4)24(16-21)33-5/h10-13,15-16,19H,6-9,14,17H2,1-5H3. The summed E-state index contributed by atoms with van der Waals surface area (Å²) in [6.07, 6.45) is 1.74. The van der Waals surface area contributed by atoms with Crippen molar-refractivity contribution in [2.24, 2.45) is 0 Å². The van der Waals surface area contributed by atoms with E-state index in [-0.39, 0.29) is 22.9 Å². The lowest BCUT2D eigenvalue weighted by atomic mass is 10.1. The SMILES string of the molecule is CCc1cc(S(=O)(=O)N(CC)C2CCCN(S(=O)(=O)c3ccc(OC)c(OC)c3)C2)ccc1OC. The molecule has 0 amide bonds. The Hall–Kier alpha value is -2.34. The van der Waals surface area contributed by atoms with E-state index in [0.29, 0.717) is 43.1 Å². The van der Waals surface area contributed by atoms with Crippen LogP contribution in [0.15, 0.2) is 46.2 Å². The second-order valence-electron chi connectivity index (χ2n) is 8.21. The fraction of sp³-hybridized carbons (Fsp3) is 0.500. The molecule has 3 rings (SSSR count). The molecule has 1 atom stereocenters. The topological polar surface area (TPSA) is 102 Å². The smallest absolute Gasteiger partial charge is 0.243 e. The van der Waals surface area contributed by atoms with Crippen molar-refractivity contribution < 1.29 is 31.0 Å². The number of likely N-dealkylation sites (N-methyl/N-ethyl adjacent to an activating group) is 1. The van der Waals surface area contributed by atoms with Gasteiger partial charge >= 0.3 is 0 Å². The summed E-state index contributed by atoms with van der Waals surface area (Å²) in [5.41, 5.74) is 0.797.